The first-order valence-electron chi connectivity index (χ1n) is 6.56. The van der Waals surface area contributed by atoms with E-state index in [0.717, 1.165) is 16.8 Å². The van der Waals surface area contributed by atoms with Crippen molar-refractivity contribution in [2.45, 2.75) is 20.3 Å². The van der Waals surface area contributed by atoms with E-state index in [-0.39, 0.29) is 18.4 Å². The maximum absolute atomic E-state index is 11.9. The molecule has 4 nitrogen and oxygen atoms in total. The summed E-state index contributed by atoms with van der Waals surface area (Å²) in [5.74, 6) is 5.60. The van der Waals surface area contributed by atoms with Crippen molar-refractivity contribution >= 4 is 11.6 Å². The van der Waals surface area contributed by atoms with E-state index >= 15 is 0 Å². The standard InChI is InChI=1S/C16H21NO3/c1-12(11-20-3)9-16(19)17-15-7-6-14(5-4-8-18)10-13(15)2/h6-7,10,12,18H,8-9,11H2,1-3H3,(H,17,19). The van der Waals surface area contributed by atoms with Crippen molar-refractivity contribution in [2.24, 2.45) is 5.92 Å². The number of nitrogens with one attached hydrogen (secondary N) is 1. The van der Waals surface area contributed by atoms with Gasteiger partial charge in [0.05, 0.1) is 0 Å². The number of hydrogen-bond acceptors (Lipinski definition) is 3. The van der Waals surface area contributed by atoms with E-state index in [0.29, 0.717) is 13.0 Å². The first-order valence-corrected chi connectivity index (χ1v) is 6.56. The minimum atomic E-state index is -0.158. The Morgan fingerprint density at radius 2 is 2.25 bits per heavy atom. The topological polar surface area (TPSA) is 58.6 Å². The number of rotatable bonds is 5. The van der Waals surface area contributed by atoms with Gasteiger partial charge in [-0.15, -0.1) is 0 Å². The van der Waals surface area contributed by atoms with Crippen molar-refractivity contribution < 1.29 is 14.6 Å². The lowest BCUT2D eigenvalue weighted by atomic mass is 10.1. The van der Waals surface area contributed by atoms with Crippen molar-refractivity contribution in [1.29, 1.82) is 0 Å². The van der Waals surface area contributed by atoms with Gasteiger partial charge in [0, 0.05) is 31.4 Å². The molecular formula is C16H21NO3. The summed E-state index contributed by atoms with van der Waals surface area (Å²) >= 11 is 0. The Labute approximate surface area is 120 Å². The van der Waals surface area contributed by atoms with Gasteiger partial charge in [-0.2, -0.15) is 0 Å². The molecular weight excluding hydrogens is 254 g/mol. The van der Waals surface area contributed by atoms with Gasteiger partial charge in [0.2, 0.25) is 5.91 Å². The highest BCUT2D eigenvalue weighted by Gasteiger charge is 2.10. The number of amides is 1. The van der Waals surface area contributed by atoms with Gasteiger partial charge in [-0.05, 0) is 36.6 Å². The summed E-state index contributed by atoms with van der Waals surface area (Å²) in [4.78, 5) is 11.9. The SMILES string of the molecule is COCC(C)CC(=O)Nc1ccc(C#CCO)cc1C. The van der Waals surface area contributed by atoms with E-state index in [1.807, 2.05) is 32.0 Å². The number of benzene rings is 1. The van der Waals surface area contributed by atoms with E-state index < -0.39 is 0 Å². The van der Waals surface area contributed by atoms with Gasteiger partial charge < -0.3 is 15.2 Å². The maximum Gasteiger partial charge on any atom is 0.224 e. The van der Waals surface area contributed by atoms with Crippen molar-refractivity contribution in [3.63, 3.8) is 0 Å². The van der Waals surface area contributed by atoms with Gasteiger partial charge in [0.1, 0.15) is 6.61 Å². The monoisotopic (exact) mass is 275 g/mol. The number of anilines is 1. The minimum Gasteiger partial charge on any atom is -0.384 e. The first-order chi connectivity index (χ1) is 9.56. The van der Waals surface area contributed by atoms with E-state index in [9.17, 15) is 4.79 Å². The normalized spacial score (nSPS) is 11.4. The van der Waals surface area contributed by atoms with Crippen LogP contribution in [0.1, 0.15) is 24.5 Å². The highest BCUT2D eigenvalue weighted by atomic mass is 16.5. The molecule has 0 aliphatic carbocycles. The van der Waals surface area contributed by atoms with Gasteiger partial charge in [0.15, 0.2) is 0 Å². The molecule has 1 aromatic rings. The van der Waals surface area contributed by atoms with Crippen LogP contribution in [0.2, 0.25) is 0 Å². The minimum absolute atomic E-state index is 0.0214. The molecule has 1 amide bonds. The largest absolute Gasteiger partial charge is 0.384 e. The van der Waals surface area contributed by atoms with Crippen LogP contribution in [0.15, 0.2) is 18.2 Å². The van der Waals surface area contributed by atoms with Gasteiger partial charge in [-0.1, -0.05) is 18.8 Å². The Morgan fingerprint density at radius 3 is 2.85 bits per heavy atom. The van der Waals surface area contributed by atoms with E-state index in [4.69, 9.17) is 9.84 Å². The van der Waals surface area contributed by atoms with Crippen LogP contribution in [-0.4, -0.2) is 31.3 Å². The lowest BCUT2D eigenvalue weighted by Crippen LogP contribution is -2.18. The lowest BCUT2D eigenvalue weighted by Gasteiger charge is -2.12. The van der Waals surface area contributed by atoms with E-state index in [2.05, 4.69) is 17.2 Å². The Balaban J connectivity index is 2.66. The molecule has 0 aliphatic rings. The molecule has 1 aromatic carbocycles. The zero-order valence-electron chi connectivity index (χ0n) is 12.2. The number of ether oxygens (including phenoxy) is 1. The first kappa shape index (κ1) is 16.2. The Morgan fingerprint density at radius 1 is 1.50 bits per heavy atom. The molecule has 0 aliphatic heterocycles. The van der Waals surface area contributed by atoms with Gasteiger partial charge in [0.25, 0.3) is 0 Å². The molecule has 2 N–H and O–H groups in total. The number of aliphatic hydroxyl groups excluding tert-OH is 1. The molecule has 1 atom stereocenters. The van der Waals surface area contributed by atoms with Crippen molar-refractivity contribution in [3.05, 3.63) is 29.3 Å². The number of aliphatic hydroxyl groups is 1. The molecule has 0 radical (unpaired) electrons. The Bertz CT molecular complexity index is 514. The summed E-state index contributed by atoms with van der Waals surface area (Å²) in [5.41, 5.74) is 2.55. The second-order valence-electron chi connectivity index (χ2n) is 4.80. The molecule has 4 heteroatoms. The highest BCUT2D eigenvalue weighted by Crippen LogP contribution is 2.17. The summed E-state index contributed by atoms with van der Waals surface area (Å²) in [6, 6.07) is 5.54. The second kappa shape index (κ2) is 8.36. The molecule has 0 saturated heterocycles. The predicted molar refractivity (Wildman–Crippen MR) is 79.4 cm³/mol. The Kier molecular flexibility index (Phi) is 6.78. The smallest absolute Gasteiger partial charge is 0.224 e. The molecule has 0 spiro atoms. The van der Waals surface area contributed by atoms with Crippen molar-refractivity contribution in [3.8, 4) is 11.8 Å². The average molecular weight is 275 g/mol. The van der Waals surface area contributed by atoms with Crippen LogP contribution in [0.4, 0.5) is 5.69 Å². The summed E-state index contributed by atoms with van der Waals surface area (Å²) in [5, 5.41) is 11.5. The molecule has 0 heterocycles. The quantitative estimate of drug-likeness (QED) is 0.808. The zero-order valence-corrected chi connectivity index (χ0v) is 12.2. The van der Waals surface area contributed by atoms with Crippen LogP contribution < -0.4 is 5.32 Å². The lowest BCUT2D eigenvalue weighted by molar-refractivity contribution is -0.117. The molecule has 0 fully saturated rings. The van der Waals surface area contributed by atoms with Crippen LogP contribution >= 0.6 is 0 Å². The second-order valence-corrected chi connectivity index (χ2v) is 4.80. The fourth-order valence-corrected chi connectivity index (χ4v) is 1.88. The fraction of sp³-hybridized carbons (Fsp3) is 0.438. The third kappa shape index (κ3) is 5.43. The molecule has 1 unspecified atom stereocenters. The summed E-state index contributed by atoms with van der Waals surface area (Å²) < 4.78 is 5.02. The molecule has 1 rings (SSSR count). The zero-order chi connectivity index (χ0) is 15.0. The van der Waals surface area contributed by atoms with Gasteiger partial charge >= 0.3 is 0 Å². The number of hydrogen-bond donors (Lipinski definition) is 2. The molecule has 0 aromatic heterocycles. The highest BCUT2D eigenvalue weighted by molar-refractivity contribution is 5.91. The number of aryl methyl sites for hydroxylation is 1. The van der Waals surface area contributed by atoms with Crippen LogP contribution in [0.25, 0.3) is 0 Å². The van der Waals surface area contributed by atoms with Crippen LogP contribution in [-0.2, 0) is 9.53 Å². The summed E-state index contributed by atoms with van der Waals surface area (Å²) in [7, 11) is 1.63. The van der Waals surface area contributed by atoms with Gasteiger partial charge in [-0.25, -0.2) is 0 Å². The predicted octanol–water partition coefficient (Wildman–Crippen LogP) is 1.95. The molecule has 108 valence electrons. The molecule has 0 saturated carbocycles. The maximum atomic E-state index is 11.9. The summed E-state index contributed by atoms with van der Waals surface area (Å²) in [6.07, 6.45) is 0.430. The van der Waals surface area contributed by atoms with Crippen LogP contribution in [0.3, 0.4) is 0 Å². The number of methoxy groups -OCH3 is 1. The molecule has 0 bridgehead atoms. The van der Waals surface area contributed by atoms with Gasteiger partial charge in [-0.3, -0.25) is 4.79 Å². The average Bonchev–Trinajstić information content (AvgIpc) is 2.39. The molecule has 20 heavy (non-hydrogen) atoms. The summed E-state index contributed by atoms with van der Waals surface area (Å²) in [6.45, 7) is 4.30. The fourth-order valence-electron chi connectivity index (χ4n) is 1.88. The third-order valence-electron chi connectivity index (χ3n) is 2.80. The van der Waals surface area contributed by atoms with Crippen molar-refractivity contribution in [1.82, 2.24) is 0 Å². The Hall–Kier alpha value is -1.83. The van der Waals surface area contributed by atoms with Crippen LogP contribution in [0.5, 0.6) is 0 Å². The number of carbonyl (C=O) groups is 1. The van der Waals surface area contributed by atoms with E-state index in [1.165, 1.54) is 0 Å². The van der Waals surface area contributed by atoms with Crippen LogP contribution in [0, 0.1) is 24.7 Å². The third-order valence-corrected chi connectivity index (χ3v) is 2.80. The van der Waals surface area contributed by atoms with E-state index in [1.54, 1.807) is 7.11 Å². The van der Waals surface area contributed by atoms with Crippen molar-refractivity contribution in [2.75, 3.05) is 25.6 Å². The number of carbonyl (C=O) groups excluding carboxylic acids is 1.